The zero-order chi connectivity index (χ0) is 13.4. The Balaban J connectivity index is 1.94. The lowest BCUT2D eigenvalue weighted by molar-refractivity contribution is 0.379. The van der Waals surface area contributed by atoms with E-state index in [1.165, 1.54) is 6.42 Å². The summed E-state index contributed by atoms with van der Waals surface area (Å²) < 4.78 is 7.17. The minimum atomic E-state index is 0.533. The zero-order valence-corrected chi connectivity index (χ0v) is 11.3. The molecular weight excluding hydrogens is 242 g/mol. The van der Waals surface area contributed by atoms with Gasteiger partial charge in [0.15, 0.2) is 5.65 Å². The minimum absolute atomic E-state index is 0.533. The van der Waals surface area contributed by atoms with E-state index in [0.717, 1.165) is 30.8 Å². The van der Waals surface area contributed by atoms with Gasteiger partial charge in [-0.3, -0.25) is 4.57 Å². The molecule has 102 valence electrons. The van der Waals surface area contributed by atoms with E-state index in [1.807, 2.05) is 16.7 Å². The Labute approximate surface area is 112 Å². The number of aromatic nitrogens is 3. The Morgan fingerprint density at radius 3 is 2.95 bits per heavy atom. The van der Waals surface area contributed by atoms with E-state index in [4.69, 9.17) is 10.5 Å². The fourth-order valence-corrected chi connectivity index (χ4v) is 2.73. The first-order valence-electron chi connectivity index (χ1n) is 6.52. The molecule has 1 aliphatic heterocycles. The number of nitrogen functional groups attached to an aromatic ring is 1. The van der Waals surface area contributed by atoms with E-state index in [2.05, 4.69) is 21.9 Å². The molecule has 3 rings (SSSR count). The van der Waals surface area contributed by atoms with Gasteiger partial charge >= 0.3 is 0 Å². The fourth-order valence-electron chi connectivity index (χ4n) is 2.73. The molecule has 1 atom stereocenters. The van der Waals surface area contributed by atoms with Gasteiger partial charge in [0.2, 0.25) is 11.8 Å². The second-order valence-corrected chi connectivity index (χ2v) is 5.19. The van der Waals surface area contributed by atoms with Crippen molar-refractivity contribution in [2.75, 3.05) is 33.0 Å². The molecule has 1 fully saturated rings. The average Bonchev–Trinajstić information content (AvgIpc) is 2.94. The van der Waals surface area contributed by atoms with Crippen molar-refractivity contribution in [3.8, 4) is 5.88 Å². The number of hydrogen-bond acceptors (Lipinski definition) is 5. The lowest BCUT2D eigenvalue weighted by Gasteiger charge is -2.12. The summed E-state index contributed by atoms with van der Waals surface area (Å²) >= 11 is 0. The first-order chi connectivity index (χ1) is 9.17. The third-order valence-electron chi connectivity index (χ3n) is 3.74. The van der Waals surface area contributed by atoms with E-state index in [9.17, 15) is 0 Å². The summed E-state index contributed by atoms with van der Waals surface area (Å²) in [6.45, 7) is 3.11. The van der Waals surface area contributed by atoms with Crippen LogP contribution in [0.2, 0.25) is 0 Å². The highest BCUT2D eigenvalue weighted by atomic mass is 16.5. The van der Waals surface area contributed by atoms with Crippen LogP contribution in [0.15, 0.2) is 12.1 Å². The molecule has 2 aromatic heterocycles. The van der Waals surface area contributed by atoms with Gasteiger partial charge in [0.25, 0.3) is 0 Å². The largest absolute Gasteiger partial charge is 0.481 e. The predicted molar refractivity (Wildman–Crippen MR) is 74.1 cm³/mol. The van der Waals surface area contributed by atoms with Gasteiger partial charge in [-0.05, 0) is 32.0 Å². The molecule has 0 radical (unpaired) electrons. The van der Waals surface area contributed by atoms with Crippen molar-refractivity contribution in [3.63, 3.8) is 0 Å². The molecule has 0 aliphatic carbocycles. The van der Waals surface area contributed by atoms with Gasteiger partial charge in [-0.25, -0.2) is 4.98 Å². The number of rotatable bonds is 3. The van der Waals surface area contributed by atoms with Crippen LogP contribution >= 0.6 is 0 Å². The first-order valence-corrected chi connectivity index (χ1v) is 6.52. The van der Waals surface area contributed by atoms with Gasteiger partial charge < -0.3 is 15.4 Å². The van der Waals surface area contributed by atoms with Gasteiger partial charge in [-0.2, -0.15) is 4.98 Å². The van der Waals surface area contributed by atoms with Crippen LogP contribution in [0.25, 0.3) is 11.2 Å². The summed E-state index contributed by atoms with van der Waals surface area (Å²) in [5, 5.41) is 0. The number of hydrogen-bond donors (Lipinski definition) is 1. The van der Waals surface area contributed by atoms with Gasteiger partial charge in [-0.15, -0.1) is 0 Å². The highest BCUT2D eigenvalue weighted by Gasteiger charge is 2.22. The Hall–Kier alpha value is -1.82. The maximum atomic E-state index is 6.02. The number of likely N-dealkylation sites (tertiary alicyclic amines) is 1. The Bertz CT molecular complexity index is 594. The molecule has 1 saturated heterocycles. The molecule has 1 aliphatic rings. The smallest absolute Gasteiger partial charge is 0.215 e. The van der Waals surface area contributed by atoms with Crippen molar-refractivity contribution in [1.82, 2.24) is 19.4 Å². The molecule has 0 saturated carbocycles. The summed E-state index contributed by atoms with van der Waals surface area (Å²) in [5.41, 5.74) is 7.65. The Morgan fingerprint density at radius 1 is 1.42 bits per heavy atom. The van der Waals surface area contributed by atoms with Crippen LogP contribution in [-0.4, -0.2) is 46.7 Å². The monoisotopic (exact) mass is 261 g/mol. The second kappa shape index (κ2) is 4.70. The number of pyridine rings is 1. The second-order valence-electron chi connectivity index (χ2n) is 5.19. The molecule has 1 unspecified atom stereocenters. The van der Waals surface area contributed by atoms with E-state index in [-0.39, 0.29) is 0 Å². The molecule has 0 amide bonds. The number of nitrogens with two attached hydrogens (primary N) is 1. The van der Waals surface area contributed by atoms with Gasteiger partial charge in [0.05, 0.1) is 7.11 Å². The van der Waals surface area contributed by atoms with E-state index in [1.54, 1.807) is 7.11 Å². The summed E-state index contributed by atoms with van der Waals surface area (Å²) in [6, 6.07) is 3.71. The van der Waals surface area contributed by atoms with E-state index >= 15 is 0 Å². The number of fused-ring (bicyclic) bond motifs is 1. The molecule has 19 heavy (non-hydrogen) atoms. The first kappa shape index (κ1) is 12.2. The number of imidazole rings is 1. The topological polar surface area (TPSA) is 69.2 Å². The van der Waals surface area contributed by atoms with Crippen molar-refractivity contribution >= 4 is 17.1 Å². The summed E-state index contributed by atoms with van der Waals surface area (Å²) in [5.74, 6) is 1.74. The molecule has 6 nitrogen and oxygen atoms in total. The van der Waals surface area contributed by atoms with Gasteiger partial charge in [-0.1, -0.05) is 0 Å². The lowest BCUT2D eigenvalue weighted by Crippen LogP contribution is -2.18. The quantitative estimate of drug-likeness (QED) is 0.891. The molecule has 6 heteroatoms. The molecule has 0 spiro atoms. The van der Waals surface area contributed by atoms with Crippen molar-refractivity contribution in [2.24, 2.45) is 5.92 Å². The molecular formula is C13H19N5O. The molecule has 0 aromatic carbocycles. The van der Waals surface area contributed by atoms with E-state index < -0.39 is 0 Å². The number of methoxy groups -OCH3 is 1. The van der Waals surface area contributed by atoms with Crippen LogP contribution in [0.5, 0.6) is 5.88 Å². The normalized spacial score (nSPS) is 20.2. The van der Waals surface area contributed by atoms with Crippen LogP contribution in [0.4, 0.5) is 5.95 Å². The summed E-state index contributed by atoms with van der Waals surface area (Å²) in [6.07, 6.45) is 1.19. The molecule has 3 heterocycles. The number of ether oxygens (including phenoxy) is 1. The third-order valence-corrected chi connectivity index (χ3v) is 3.74. The van der Waals surface area contributed by atoms with Crippen molar-refractivity contribution in [2.45, 2.75) is 13.0 Å². The fraction of sp³-hybridized carbons (Fsp3) is 0.538. The summed E-state index contributed by atoms with van der Waals surface area (Å²) in [4.78, 5) is 11.2. The predicted octanol–water partition coefficient (Wildman–Crippen LogP) is 0.974. The SMILES string of the molecule is COc1ccc2nc(N)n(CC3CCN(C)C3)c2n1. The number of nitrogens with zero attached hydrogens (tertiary/aromatic N) is 4. The van der Waals surface area contributed by atoms with Crippen molar-refractivity contribution in [3.05, 3.63) is 12.1 Å². The third kappa shape index (κ3) is 2.23. The highest BCUT2D eigenvalue weighted by molar-refractivity contribution is 5.74. The molecule has 0 bridgehead atoms. The van der Waals surface area contributed by atoms with E-state index in [0.29, 0.717) is 17.7 Å². The van der Waals surface area contributed by atoms with Crippen LogP contribution < -0.4 is 10.5 Å². The van der Waals surface area contributed by atoms with Crippen LogP contribution in [0.1, 0.15) is 6.42 Å². The highest BCUT2D eigenvalue weighted by Crippen LogP contribution is 2.23. The Kier molecular flexibility index (Phi) is 3.02. The van der Waals surface area contributed by atoms with Crippen LogP contribution in [0, 0.1) is 5.92 Å². The van der Waals surface area contributed by atoms with Gasteiger partial charge in [0.1, 0.15) is 5.52 Å². The molecule has 2 N–H and O–H groups in total. The molecule has 2 aromatic rings. The average molecular weight is 261 g/mol. The standard InChI is InChI=1S/C13H19N5O/c1-17-6-5-9(7-17)8-18-12-10(15-13(18)14)3-4-11(16-12)19-2/h3-4,9H,5-8H2,1-2H3,(H2,14,15). The van der Waals surface area contributed by atoms with Gasteiger partial charge in [0, 0.05) is 19.2 Å². The van der Waals surface area contributed by atoms with Crippen molar-refractivity contribution in [1.29, 1.82) is 0 Å². The van der Waals surface area contributed by atoms with Crippen molar-refractivity contribution < 1.29 is 4.74 Å². The zero-order valence-electron chi connectivity index (χ0n) is 11.3. The maximum Gasteiger partial charge on any atom is 0.215 e. The van der Waals surface area contributed by atoms with Crippen LogP contribution in [-0.2, 0) is 6.54 Å². The Morgan fingerprint density at radius 2 is 2.26 bits per heavy atom. The lowest BCUT2D eigenvalue weighted by atomic mass is 10.1. The maximum absolute atomic E-state index is 6.02. The minimum Gasteiger partial charge on any atom is -0.481 e. The van der Waals surface area contributed by atoms with Crippen LogP contribution in [0.3, 0.4) is 0 Å². The summed E-state index contributed by atoms with van der Waals surface area (Å²) in [7, 11) is 3.76. The number of anilines is 1.